The number of benzene rings is 2. The van der Waals surface area contributed by atoms with E-state index in [2.05, 4.69) is 10.9 Å². The van der Waals surface area contributed by atoms with Crippen LogP contribution in [-0.2, 0) is 14.8 Å². The maximum absolute atomic E-state index is 12.6. The molecule has 0 spiro atoms. The molecule has 28 heavy (non-hydrogen) atoms. The van der Waals surface area contributed by atoms with Crippen molar-refractivity contribution in [3.8, 4) is 0 Å². The van der Waals surface area contributed by atoms with Gasteiger partial charge in [-0.05, 0) is 23.8 Å². The number of primary amides is 1. The maximum atomic E-state index is 12.6. The molecule has 0 aliphatic carbocycles. The van der Waals surface area contributed by atoms with E-state index in [1.54, 1.807) is 44.2 Å². The van der Waals surface area contributed by atoms with E-state index >= 15 is 0 Å². The highest BCUT2D eigenvalue weighted by Crippen LogP contribution is 2.17. The molecular weight excluding hydrogens is 380 g/mol. The summed E-state index contributed by atoms with van der Waals surface area (Å²) in [5.74, 6) is -1.25. The Balaban J connectivity index is 2.18. The average molecular weight is 404 g/mol. The van der Waals surface area contributed by atoms with E-state index in [-0.39, 0.29) is 10.5 Å². The molecule has 1 atom stereocenters. The summed E-state index contributed by atoms with van der Waals surface area (Å²) in [5, 5.41) is 0. The summed E-state index contributed by atoms with van der Waals surface area (Å²) in [6.45, 7) is 4.15. The smallest absolute Gasteiger partial charge is 0.265 e. The first kappa shape index (κ1) is 21.5. The van der Waals surface area contributed by atoms with Gasteiger partial charge in [-0.15, -0.1) is 0 Å². The van der Waals surface area contributed by atoms with Crippen molar-refractivity contribution in [2.24, 2.45) is 5.73 Å². The zero-order chi connectivity index (χ0) is 20.7. The first-order valence-corrected chi connectivity index (χ1v) is 10.3. The molecule has 0 fully saturated rings. The molecule has 2 amide bonds. The molecule has 0 heterocycles. The molecule has 2 aromatic rings. The molecule has 9 heteroatoms. The number of hydrogen-bond acceptors (Lipinski definition) is 5. The van der Waals surface area contributed by atoms with Gasteiger partial charge in [0.2, 0.25) is 15.9 Å². The lowest BCUT2D eigenvalue weighted by Crippen LogP contribution is -2.45. The molecule has 0 radical (unpaired) electrons. The van der Waals surface area contributed by atoms with E-state index in [1.807, 2.05) is 0 Å². The molecular formula is C19H24N4O4S. The van der Waals surface area contributed by atoms with Gasteiger partial charge in [0.05, 0.1) is 4.90 Å². The normalized spacial score (nSPS) is 12.5. The highest BCUT2D eigenvalue weighted by molar-refractivity contribution is 7.89. The summed E-state index contributed by atoms with van der Waals surface area (Å²) in [6, 6.07) is 13.5. The number of carbonyl (C=O) groups excluding carboxylic acids is 2. The minimum atomic E-state index is -3.69. The minimum Gasteiger partial charge on any atom is -0.368 e. The Morgan fingerprint density at radius 1 is 1.04 bits per heavy atom. The van der Waals surface area contributed by atoms with E-state index in [0.29, 0.717) is 18.7 Å². The highest BCUT2D eigenvalue weighted by atomic mass is 32.2. The van der Waals surface area contributed by atoms with Gasteiger partial charge in [-0.25, -0.2) is 13.8 Å². The third-order valence-corrected chi connectivity index (χ3v) is 6.23. The van der Waals surface area contributed by atoms with E-state index < -0.39 is 27.9 Å². The number of amides is 2. The molecule has 0 aromatic heterocycles. The van der Waals surface area contributed by atoms with Gasteiger partial charge in [0.25, 0.3) is 5.91 Å². The van der Waals surface area contributed by atoms with Gasteiger partial charge in [-0.2, -0.15) is 4.31 Å². The van der Waals surface area contributed by atoms with Crippen molar-refractivity contribution >= 4 is 21.8 Å². The largest absolute Gasteiger partial charge is 0.368 e. The minimum absolute atomic E-state index is 0.0263. The molecule has 150 valence electrons. The van der Waals surface area contributed by atoms with Crippen molar-refractivity contribution in [1.29, 1.82) is 0 Å². The summed E-state index contributed by atoms with van der Waals surface area (Å²) >= 11 is 0. The van der Waals surface area contributed by atoms with Crippen LogP contribution in [0.4, 0.5) is 0 Å². The van der Waals surface area contributed by atoms with Gasteiger partial charge in [-0.3, -0.25) is 15.0 Å². The number of hydrazine groups is 1. The van der Waals surface area contributed by atoms with Crippen LogP contribution in [0.5, 0.6) is 0 Å². The van der Waals surface area contributed by atoms with E-state index in [4.69, 9.17) is 5.73 Å². The topological polar surface area (TPSA) is 122 Å². The predicted molar refractivity (Wildman–Crippen MR) is 106 cm³/mol. The molecule has 0 saturated heterocycles. The van der Waals surface area contributed by atoms with Gasteiger partial charge in [0, 0.05) is 18.7 Å². The number of nitrogens with two attached hydrogens (primary N) is 1. The second-order valence-electron chi connectivity index (χ2n) is 5.96. The number of hydrogen-bond donors (Lipinski definition) is 3. The molecule has 2 rings (SSSR count). The Morgan fingerprint density at radius 2 is 1.68 bits per heavy atom. The van der Waals surface area contributed by atoms with Crippen molar-refractivity contribution < 1.29 is 18.0 Å². The van der Waals surface area contributed by atoms with E-state index in [9.17, 15) is 18.0 Å². The molecule has 0 bridgehead atoms. The lowest BCUT2D eigenvalue weighted by Gasteiger charge is -2.19. The van der Waals surface area contributed by atoms with Crippen molar-refractivity contribution in [3.63, 3.8) is 0 Å². The Hall–Kier alpha value is -2.75. The van der Waals surface area contributed by atoms with Gasteiger partial charge in [0.15, 0.2) is 0 Å². The summed E-state index contributed by atoms with van der Waals surface area (Å²) in [7, 11) is -3.69. The Kier molecular flexibility index (Phi) is 7.27. The average Bonchev–Trinajstić information content (AvgIpc) is 2.69. The standard InChI is InChI=1S/C19H24N4O4S/c1-3-23(4-2)28(26,27)16-12-8-11-15(13-16)19(25)22-21-17(18(20)24)14-9-6-5-7-10-14/h5-13,17,21H,3-4H2,1-2H3,(H2,20,24)(H,22,25)/t17-/m0/s1. The summed E-state index contributed by atoms with van der Waals surface area (Å²) < 4.78 is 26.6. The fraction of sp³-hybridized carbons (Fsp3) is 0.263. The van der Waals surface area contributed by atoms with Gasteiger partial charge < -0.3 is 5.73 Å². The zero-order valence-corrected chi connectivity index (χ0v) is 16.6. The molecule has 0 saturated carbocycles. The molecule has 8 nitrogen and oxygen atoms in total. The van der Waals surface area contributed by atoms with Gasteiger partial charge >= 0.3 is 0 Å². The molecule has 0 aliphatic rings. The number of sulfonamides is 1. The van der Waals surface area contributed by atoms with Crippen LogP contribution in [0.2, 0.25) is 0 Å². The Morgan fingerprint density at radius 3 is 2.25 bits per heavy atom. The maximum Gasteiger partial charge on any atom is 0.265 e. The van der Waals surface area contributed by atoms with Gasteiger partial charge in [-0.1, -0.05) is 50.2 Å². The van der Waals surface area contributed by atoms with Crippen molar-refractivity contribution in [2.75, 3.05) is 13.1 Å². The quantitative estimate of drug-likeness (QED) is 0.542. The van der Waals surface area contributed by atoms with Crippen LogP contribution in [0.15, 0.2) is 59.5 Å². The van der Waals surface area contributed by atoms with Crippen LogP contribution in [0.25, 0.3) is 0 Å². The molecule has 0 aliphatic heterocycles. The second kappa shape index (κ2) is 9.45. The number of nitrogens with one attached hydrogen (secondary N) is 2. The molecule has 0 unspecified atom stereocenters. The number of rotatable bonds is 9. The lowest BCUT2D eigenvalue weighted by molar-refractivity contribution is -0.120. The number of nitrogens with zero attached hydrogens (tertiary/aromatic N) is 1. The van der Waals surface area contributed by atoms with E-state index in [1.165, 1.54) is 28.6 Å². The van der Waals surface area contributed by atoms with Crippen molar-refractivity contribution in [1.82, 2.24) is 15.2 Å². The molecule has 4 N–H and O–H groups in total. The van der Waals surface area contributed by atoms with Crippen LogP contribution in [0.3, 0.4) is 0 Å². The number of carbonyl (C=O) groups is 2. The van der Waals surface area contributed by atoms with Crippen LogP contribution in [0, 0.1) is 0 Å². The van der Waals surface area contributed by atoms with Crippen molar-refractivity contribution in [3.05, 3.63) is 65.7 Å². The van der Waals surface area contributed by atoms with Crippen LogP contribution in [-0.4, -0.2) is 37.6 Å². The Labute approximate surface area is 164 Å². The zero-order valence-electron chi connectivity index (χ0n) is 15.8. The second-order valence-corrected chi connectivity index (χ2v) is 7.90. The summed E-state index contributed by atoms with van der Waals surface area (Å²) in [5.41, 5.74) is 11.1. The van der Waals surface area contributed by atoms with Crippen LogP contribution < -0.4 is 16.6 Å². The summed E-state index contributed by atoms with van der Waals surface area (Å²) in [4.78, 5) is 24.2. The summed E-state index contributed by atoms with van der Waals surface area (Å²) in [6.07, 6.45) is 0. The van der Waals surface area contributed by atoms with Crippen LogP contribution >= 0.6 is 0 Å². The fourth-order valence-corrected chi connectivity index (χ4v) is 4.19. The van der Waals surface area contributed by atoms with Crippen molar-refractivity contribution in [2.45, 2.75) is 24.8 Å². The first-order chi connectivity index (χ1) is 13.3. The molecule has 2 aromatic carbocycles. The van der Waals surface area contributed by atoms with Crippen LogP contribution in [0.1, 0.15) is 35.8 Å². The predicted octanol–water partition coefficient (Wildman–Crippen LogP) is 1.18. The first-order valence-electron chi connectivity index (χ1n) is 8.81. The highest BCUT2D eigenvalue weighted by Gasteiger charge is 2.23. The van der Waals surface area contributed by atoms with Gasteiger partial charge in [0.1, 0.15) is 6.04 Å². The van der Waals surface area contributed by atoms with E-state index in [0.717, 1.165) is 0 Å². The Bertz CT molecular complexity index is 928. The third-order valence-electron chi connectivity index (χ3n) is 4.19. The monoisotopic (exact) mass is 404 g/mol. The third kappa shape index (κ3) is 4.94. The SMILES string of the molecule is CCN(CC)S(=O)(=O)c1cccc(C(=O)NN[C@H](C(N)=O)c2ccccc2)c1. The lowest BCUT2D eigenvalue weighted by atomic mass is 10.1. The fourth-order valence-electron chi connectivity index (χ4n) is 2.68.